The van der Waals surface area contributed by atoms with Gasteiger partial charge in [0.05, 0.1) is 10.8 Å². The van der Waals surface area contributed by atoms with Crippen LogP contribution in [0.1, 0.15) is 36.3 Å². The lowest BCUT2D eigenvalue weighted by atomic mass is 9.98. The van der Waals surface area contributed by atoms with Gasteiger partial charge in [-0.15, -0.1) is 0 Å². The van der Waals surface area contributed by atoms with Crippen LogP contribution in [0.15, 0.2) is 52.1 Å². The van der Waals surface area contributed by atoms with Gasteiger partial charge in [0.2, 0.25) is 15.8 Å². The maximum absolute atomic E-state index is 13.1. The standard InChI is InChI=1S/C23H24N4O5S/c28-23(31-15-21-25-22(26-32-21)19-5-2-10-24-14-19)17-8-11-27(12-9-17)33(29,30)20-7-6-16-3-1-4-18(16)13-20/h2,5-7,10,13-14,17H,1,3-4,8-9,11-12,15H2. The Balaban J connectivity index is 1.15. The van der Waals surface area contributed by atoms with Crippen molar-refractivity contribution in [2.75, 3.05) is 13.1 Å². The lowest BCUT2D eigenvalue weighted by molar-refractivity contribution is -0.152. The van der Waals surface area contributed by atoms with Gasteiger partial charge in [-0.1, -0.05) is 11.2 Å². The number of benzene rings is 1. The van der Waals surface area contributed by atoms with Crippen molar-refractivity contribution in [2.45, 2.75) is 43.6 Å². The van der Waals surface area contributed by atoms with E-state index in [1.807, 2.05) is 12.1 Å². The minimum absolute atomic E-state index is 0.125. The smallest absolute Gasteiger partial charge is 0.309 e. The third-order valence-electron chi connectivity index (χ3n) is 6.22. The Kier molecular flexibility index (Phi) is 5.94. The number of fused-ring (bicyclic) bond motifs is 1. The molecule has 0 amide bonds. The molecule has 0 N–H and O–H groups in total. The van der Waals surface area contributed by atoms with Crippen LogP contribution in [0, 0.1) is 5.92 Å². The monoisotopic (exact) mass is 468 g/mol. The van der Waals surface area contributed by atoms with Crippen molar-refractivity contribution in [3.63, 3.8) is 0 Å². The lowest BCUT2D eigenvalue weighted by Crippen LogP contribution is -2.40. The van der Waals surface area contributed by atoms with Crippen LogP contribution in [0.5, 0.6) is 0 Å². The number of carbonyl (C=O) groups is 1. The quantitative estimate of drug-likeness (QED) is 0.507. The predicted octanol–water partition coefficient (Wildman–Crippen LogP) is 2.76. The van der Waals surface area contributed by atoms with E-state index in [0.29, 0.717) is 29.1 Å². The lowest BCUT2D eigenvalue weighted by Gasteiger charge is -2.30. The molecule has 1 saturated heterocycles. The van der Waals surface area contributed by atoms with Crippen molar-refractivity contribution in [3.05, 3.63) is 59.7 Å². The molecule has 3 aromatic rings. The molecule has 1 aliphatic heterocycles. The molecule has 3 heterocycles. The van der Waals surface area contributed by atoms with Crippen molar-refractivity contribution in [1.29, 1.82) is 0 Å². The van der Waals surface area contributed by atoms with E-state index >= 15 is 0 Å². The average Bonchev–Trinajstić information content (AvgIpc) is 3.52. The van der Waals surface area contributed by atoms with Crippen LogP contribution in [0.4, 0.5) is 0 Å². The molecular weight excluding hydrogens is 444 g/mol. The first kappa shape index (κ1) is 21.7. The van der Waals surface area contributed by atoms with Crippen LogP contribution in [0.25, 0.3) is 11.4 Å². The molecule has 0 bridgehead atoms. The van der Waals surface area contributed by atoms with Gasteiger partial charge in [0.15, 0.2) is 6.61 Å². The highest BCUT2D eigenvalue weighted by molar-refractivity contribution is 7.89. The molecule has 10 heteroatoms. The highest BCUT2D eigenvalue weighted by atomic mass is 32.2. The Morgan fingerprint density at radius 1 is 1.15 bits per heavy atom. The van der Waals surface area contributed by atoms with E-state index in [2.05, 4.69) is 15.1 Å². The zero-order valence-electron chi connectivity index (χ0n) is 18.0. The van der Waals surface area contributed by atoms with E-state index in [0.717, 1.165) is 24.8 Å². The minimum Gasteiger partial charge on any atom is -0.455 e. The molecule has 2 aromatic heterocycles. The summed E-state index contributed by atoms with van der Waals surface area (Å²) >= 11 is 0. The third-order valence-corrected chi connectivity index (χ3v) is 8.12. The van der Waals surface area contributed by atoms with Crippen LogP contribution in [-0.4, -0.2) is 46.9 Å². The maximum atomic E-state index is 13.1. The number of rotatable bonds is 6. The molecule has 2 aliphatic rings. The number of aromatic nitrogens is 3. The third kappa shape index (κ3) is 4.53. The summed E-state index contributed by atoms with van der Waals surface area (Å²) in [6.07, 6.45) is 7.09. The van der Waals surface area contributed by atoms with Gasteiger partial charge in [-0.3, -0.25) is 9.78 Å². The van der Waals surface area contributed by atoms with Crippen molar-refractivity contribution in [2.24, 2.45) is 5.92 Å². The van der Waals surface area contributed by atoms with Gasteiger partial charge in [-0.05, 0) is 67.5 Å². The number of ether oxygens (including phenoxy) is 1. The Labute approximate surface area is 191 Å². The summed E-state index contributed by atoms with van der Waals surface area (Å²) in [6, 6.07) is 9.00. The van der Waals surface area contributed by atoms with Crippen LogP contribution in [-0.2, 0) is 39.0 Å². The molecule has 0 unspecified atom stereocenters. The second-order valence-electron chi connectivity index (χ2n) is 8.32. The van der Waals surface area contributed by atoms with Crippen molar-refractivity contribution < 1.29 is 22.5 Å². The fourth-order valence-electron chi connectivity index (χ4n) is 4.37. The number of carbonyl (C=O) groups excluding carboxylic acids is 1. The second-order valence-corrected chi connectivity index (χ2v) is 10.3. The summed E-state index contributed by atoms with van der Waals surface area (Å²) in [7, 11) is -3.57. The molecule has 172 valence electrons. The number of hydrogen-bond donors (Lipinski definition) is 0. The zero-order valence-corrected chi connectivity index (χ0v) is 18.8. The summed E-state index contributed by atoms with van der Waals surface area (Å²) in [6.45, 7) is 0.440. The first-order valence-corrected chi connectivity index (χ1v) is 12.5. The number of sulfonamides is 1. The molecule has 1 fully saturated rings. The SMILES string of the molecule is O=C(OCc1nc(-c2cccnc2)no1)C1CCN(S(=O)(=O)c2ccc3c(c2)CCC3)CC1. The summed E-state index contributed by atoms with van der Waals surface area (Å²) in [4.78, 5) is 21.1. The van der Waals surface area contributed by atoms with E-state index in [1.165, 1.54) is 9.87 Å². The summed E-state index contributed by atoms with van der Waals surface area (Å²) in [5, 5.41) is 3.87. The van der Waals surface area contributed by atoms with Crippen LogP contribution in [0.2, 0.25) is 0 Å². The molecule has 5 rings (SSSR count). The Hall–Kier alpha value is -3.11. The van der Waals surface area contributed by atoms with Gasteiger partial charge in [-0.25, -0.2) is 8.42 Å². The van der Waals surface area contributed by atoms with Crippen molar-refractivity contribution in [3.8, 4) is 11.4 Å². The highest BCUT2D eigenvalue weighted by Gasteiger charge is 2.33. The number of aryl methyl sites for hydroxylation is 2. The van der Waals surface area contributed by atoms with Crippen molar-refractivity contribution >= 4 is 16.0 Å². The topological polar surface area (TPSA) is 115 Å². The van der Waals surface area contributed by atoms with Gasteiger partial charge < -0.3 is 9.26 Å². The molecule has 0 radical (unpaired) electrons. The number of hydrogen-bond acceptors (Lipinski definition) is 8. The number of esters is 1. The first-order valence-electron chi connectivity index (χ1n) is 11.0. The predicted molar refractivity (Wildman–Crippen MR) is 117 cm³/mol. The summed E-state index contributed by atoms with van der Waals surface area (Å²) in [5.74, 6) is -0.180. The summed E-state index contributed by atoms with van der Waals surface area (Å²) < 4.78 is 38.1. The number of piperidine rings is 1. The van der Waals surface area contributed by atoms with E-state index < -0.39 is 10.0 Å². The highest BCUT2D eigenvalue weighted by Crippen LogP contribution is 2.29. The zero-order chi connectivity index (χ0) is 22.8. The Bertz CT molecular complexity index is 1250. The largest absolute Gasteiger partial charge is 0.455 e. The molecule has 33 heavy (non-hydrogen) atoms. The van der Waals surface area contributed by atoms with E-state index in [-0.39, 0.29) is 37.5 Å². The Morgan fingerprint density at radius 3 is 2.76 bits per heavy atom. The molecule has 1 aromatic carbocycles. The van der Waals surface area contributed by atoms with Crippen molar-refractivity contribution in [1.82, 2.24) is 19.4 Å². The van der Waals surface area contributed by atoms with E-state index in [1.54, 1.807) is 30.6 Å². The molecular formula is C23H24N4O5S. The van der Waals surface area contributed by atoms with Gasteiger partial charge in [0, 0.05) is 31.0 Å². The molecule has 0 saturated carbocycles. The Morgan fingerprint density at radius 2 is 1.97 bits per heavy atom. The first-order chi connectivity index (χ1) is 16.0. The molecule has 1 aliphatic carbocycles. The molecule has 0 spiro atoms. The number of pyridine rings is 1. The van der Waals surface area contributed by atoms with E-state index in [4.69, 9.17) is 9.26 Å². The molecule has 0 atom stereocenters. The second kappa shape index (κ2) is 9.03. The van der Waals surface area contributed by atoms with E-state index in [9.17, 15) is 13.2 Å². The van der Waals surface area contributed by atoms with Gasteiger partial charge in [-0.2, -0.15) is 9.29 Å². The fraction of sp³-hybridized carbons (Fsp3) is 0.391. The van der Waals surface area contributed by atoms with Gasteiger partial charge in [0.1, 0.15) is 0 Å². The van der Waals surface area contributed by atoms with Gasteiger partial charge in [0.25, 0.3) is 5.89 Å². The summed E-state index contributed by atoms with van der Waals surface area (Å²) in [5.41, 5.74) is 3.07. The van der Waals surface area contributed by atoms with Gasteiger partial charge >= 0.3 is 5.97 Å². The molecule has 9 nitrogen and oxygen atoms in total. The maximum Gasteiger partial charge on any atom is 0.309 e. The fourth-order valence-corrected chi connectivity index (χ4v) is 5.89. The van der Waals surface area contributed by atoms with Crippen LogP contribution >= 0.6 is 0 Å². The normalized spacial score (nSPS) is 17.1. The van der Waals surface area contributed by atoms with Crippen LogP contribution in [0.3, 0.4) is 0 Å². The minimum atomic E-state index is -3.57. The average molecular weight is 469 g/mol. The van der Waals surface area contributed by atoms with Crippen LogP contribution < -0.4 is 0 Å². The number of nitrogens with zero attached hydrogens (tertiary/aromatic N) is 4.